The zero-order valence-corrected chi connectivity index (χ0v) is 16.8. The summed E-state index contributed by atoms with van der Waals surface area (Å²) in [6, 6.07) is 13.2. The number of benzene rings is 1. The minimum Gasteiger partial charge on any atom is -0.424 e. The number of hydrogen-bond acceptors (Lipinski definition) is 5. The molecule has 5 heteroatoms. The van der Waals surface area contributed by atoms with E-state index in [0.29, 0.717) is 16.6 Å². The van der Waals surface area contributed by atoms with Gasteiger partial charge in [-0.05, 0) is 25.8 Å². The fourth-order valence-corrected chi connectivity index (χ4v) is 5.66. The second kappa shape index (κ2) is 8.10. The Kier molecular flexibility index (Phi) is 5.56. The van der Waals surface area contributed by atoms with Crippen LogP contribution in [-0.2, 0) is 9.53 Å². The van der Waals surface area contributed by atoms with E-state index < -0.39 is 10.9 Å². The maximum Gasteiger partial charge on any atom is 0.330 e. The Morgan fingerprint density at radius 1 is 1.07 bits per heavy atom. The summed E-state index contributed by atoms with van der Waals surface area (Å²) in [6.45, 7) is 1.82. The normalized spacial score (nSPS) is 26.2. The number of aliphatic hydroxyl groups is 1. The number of hydrogen-bond donors (Lipinski definition) is 1. The van der Waals surface area contributed by atoms with Crippen LogP contribution < -0.4 is 0 Å². The molecule has 2 aromatic rings. The summed E-state index contributed by atoms with van der Waals surface area (Å²) < 4.78 is 4.86. The first-order valence-corrected chi connectivity index (χ1v) is 10.8. The van der Waals surface area contributed by atoms with Crippen molar-refractivity contribution in [3.05, 3.63) is 66.0 Å². The van der Waals surface area contributed by atoms with Gasteiger partial charge in [0, 0.05) is 34.3 Å². The third kappa shape index (κ3) is 3.61. The molecule has 0 saturated heterocycles. The van der Waals surface area contributed by atoms with Crippen LogP contribution in [0.5, 0.6) is 0 Å². The van der Waals surface area contributed by atoms with Gasteiger partial charge in [0.2, 0.25) is 0 Å². The molecule has 1 aromatic carbocycles. The average molecular weight is 396 g/mol. The van der Waals surface area contributed by atoms with E-state index in [0.717, 1.165) is 24.0 Å². The number of rotatable bonds is 4. The van der Waals surface area contributed by atoms with E-state index in [4.69, 9.17) is 4.74 Å². The van der Waals surface area contributed by atoms with Crippen molar-refractivity contribution in [3.8, 4) is 0 Å². The molecule has 146 valence electrons. The molecular weight excluding hydrogens is 370 g/mol. The van der Waals surface area contributed by atoms with Gasteiger partial charge in [-0.25, -0.2) is 0 Å². The molecule has 4 nitrogen and oxygen atoms in total. The SMILES string of the molecule is CC1(SC2CCCCC2)C(=O)OC(c2ccccc2)=C(c2cccnc2)C1O. The molecule has 28 heavy (non-hydrogen) atoms. The van der Waals surface area contributed by atoms with E-state index in [1.807, 2.05) is 49.4 Å². The van der Waals surface area contributed by atoms with Crippen molar-refractivity contribution in [2.45, 2.75) is 55.1 Å². The topological polar surface area (TPSA) is 59.4 Å². The van der Waals surface area contributed by atoms with Crippen LogP contribution in [0.2, 0.25) is 0 Å². The smallest absolute Gasteiger partial charge is 0.330 e. The summed E-state index contributed by atoms with van der Waals surface area (Å²) in [5, 5.41) is 11.8. The van der Waals surface area contributed by atoms with Crippen LogP contribution in [0.1, 0.15) is 50.2 Å². The quantitative estimate of drug-likeness (QED) is 0.761. The molecule has 1 N–H and O–H groups in total. The summed E-state index contributed by atoms with van der Waals surface area (Å²) in [4.78, 5) is 17.3. The van der Waals surface area contributed by atoms with Gasteiger partial charge in [-0.3, -0.25) is 9.78 Å². The molecule has 0 bridgehead atoms. The lowest BCUT2D eigenvalue weighted by atomic mass is 9.87. The van der Waals surface area contributed by atoms with E-state index >= 15 is 0 Å². The Balaban J connectivity index is 1.78. The van der Waals surface area contributed by atoms with Crippen molar-refractivity contribution in [3.63, 3.8) is 0 Å². The fourth-order valence-electron chi connectivity index (χ4n) is 4.02. The van der Waals surface area contributed by atoms with E-state index in [1.54, 1.807) is 24.2 Å². The van der Waals surface area contributed by atoms with E-state index in [9.17, 15) is 9.90 Å². The third-order valence-electron chi connectivity index (χ3n) is 5.61. The minimum atomic E-state index is -1.04. The molecule has 2 heterocycles. The standard InChI is InChI=1S/C23H25NO3S/c1-23(28-18-12-6-3-7-13-18)21(25)19(17-11-8-14-24-15-17)20(27-22(23)26)16-9-4-2-5-10-16/h2,4-5,8-11,14-15,18,21,25H,3,6-7,12-13H2,1H3. The van der Waals surface area contributed by atoms with Gasteiger partial charge in [0.25, 0.3) is 0 Å². The minimum absolute atomic E-state index is 0.370. The molecule has 1 fully saturated rings. The highest BCUT2D eigenvalue weighted by molar-refractivity contribution is 8.02. The molecular formula is C23H25NO3S. The van der Waals surface area contributed by atoms with Crippen molar-refractivity contribution in [1.29, 1.82) is 0 Å². The average Bonchev–Trinajstić information content (AvgIpc) is 2.74. The molecule has 0 spiro atoms. The third-order valence-corrected chi connectivity index (χ3v) is 7.30. The number of carbonyl (C=O) groups is 1. The van der Waals surface area contributed by atoms with Crippen molar-refractivity contribution in [2.75, 3.05) is 0 Å². The number of aliphatic hydroxyl groups excluding tert-OH is 1. The molecule has 0 radical (unpaired) electrons. The monoisotopic (exact) mass is 395 g/mol. The van der Waals surface area contributed by atoms with Gasteiger partial charge in [-0.1, -0.05) is 55.7 Å². The first-order valence-electron chi connectivity index (χ1n) is 9.88. The number of pyridine rings is 1. The second-order valence-electron chi connectivity index (χ2n) is 7.63. The van der Waals surface area contributed by atoms with Crippen molar-refractivity contribution in [1.82, 2.24) is 4.98 Å². The number of aromatic nitrogens is 1. The van der Waals surface area contributed by atoms with Gasteiger partial charge in [-0.2, -0.15) is 0 Å². The fraction of sp³-hybridized carbons (Fsp3) is 0.391. The number of ether oxygens (including phenoxy) is 1. The maximum atomic E-state index is 13.1. The number of nitrogens with zero attached hydrogens (tertiary/aromatic N) is 1. The molecule has 1 saturated carbocycles. The van der Waals surface area contributed by atoms with Crippen molar-refractivity contribution in [2.24, 2.45) is 0 Å². The van der Waals surface area contributed by atoms with E-state index in [1.165, 1.54) is 19.3 Å². The van der Waals surface area contributed by atoms with E-state index in [2.05, 4.69) is 4.98 Å². The lowest BCUT2D eigenvalue weighted by Gasteiger charge is -2.40. The van der Waals surface area contributed by atoms with Crippen LogP contribution in [0.4, 0.5) is 0 Å². The van der Waals surface area contributed by atoms with Gasteiger partial charge in [0.1, 0.15) is 16.6 Å². The van der Waals surface area contributed by atoms with Gasteiger partial charge in [-0.15, -0.1) is 11.8 Å². The Morgan fingerprint density at radius 3 is 2.46 bits per heavy atom. The summed E-state index contributed by atoms with van der Waals surface area (Å²) in [5.41, 5.74) is 2.18. The van der Waals surface area contributed by atoms with Crippen molar-refractivity contribution >= 4 is 29.1 Å². The number of cyclic esters (lactones) is 1. The van der Waals surface area contributed by atoms with Crippen LogP contribution in [0.25, 0.3) is 11.3 Å². The predicted octanol–water partition coefficient (Wildman–Crippen LogP) is 4.69. The highest BCUT2D eigenvalue weighted by Crippen LogP contribution is 2.48. The highest BCUT2D eigenvalue weighted by Gasteiger charge is 2.51. The molecule has 4 rings (SSSR count). The zero-order chi connectivity index (χ0) is 19.6. The van der Waals surface area contributed by atoms with Crippen LogP contribution >= 0.6 is 11.8 Å². The van der Waals surface area contributed by atoms with Crippen LogP contribution in [0, 0.1) is 0 Å². The molecule has 0 amide bonds. The number of carbonyl (C=O) groups excluding carboxylic acids is 1. The largest absolute Gasteiger partial charge is 0.424 e. The predicted molar refractivity (Wildman–Crippen MR) is 112 cm³/mol. The summed E-state index contributed by atoms with van der Waals surface area (Å²) >= 11 is 1.58. The summed E-state index contributed by atoms with van der Waals surface area (Å²) in [5.74, 6) is 0.0508. The molecule has 2 unspecified atom stereocenters. The molecule has 1 aliphatic heterocycles. The van der Waals surface area contributed by atoms with E-state index in [-0.39, 0.29) is 5.97 Å². The van der Waals surface area contributed by atoms with Crippen molar-refractivity contribution < 1.29 is 14.6 Å². The summed E-state index contributed by atoms with van der Waals surface area (Å²) in [7, 11) is 0. The number of thioether (sulfide) groups is 1. The molecule has 1 aliphatic carbocycles. The van der Waals surface area contributed by atoms with Crippen LogP contribution in [-0.4, -0.2) is 32.2 Å². The Bertz CT molecular complexity index is 862. The Morgan fingerprint density at radius 2 is 1.79 bits per heavy atom. The Hall–Kier alpha value is -2.11. The first kappa shape index (κ1) is 19.2. The number of esters is 1. The van der Waals surface area contributed by atoms with Gasteiger partial charge >= 0.3 is 5.97 Å². The lowest BCUT2D eigenvalue weighted by Crippen LogP contribution is -2.50. The lowest BCUT2D eigenvalue weighted by molar-refractivity contribution is -0.142. The second-order valence-corrected chi connectivity index (χ2v) is 9.38. The molecule has 2 aliphatic rings. The summed E-state index contributed by atoms with van der Waals surface area (Å²) in [6.07, 6.45) is 8.21. The van der Waals surface area contributed by atoms with Crippen LogP contribution in [0.3, 0.4) is 0 Å². The first-order chi connectivity index (χ1) is 13.6. The zero-order valence-electron chi connectivity index (χ0n) is 16.0. The molecule has 2 atom stereocenters. The van der Waals surface area contributed by atoms with Gasteiger partial charge in [0.05, 0.1) is 0 Å². The van der Waals surface area contributed by atoms with Crippen LogP contribution in [0.15, 0.2) is 54.9 Å². The highest BCUT2D eigenvalue weighted by atomic mass is 32.2. The molecule has 1 aromatic heterocycles. The Labute approximate surface area is 170 Å². The van der Waals surface area contributed by atoms with Gasteiger partial charge < -0.3 is 9.84 Å². The maximum absolute atomic E-state index is 13.1. The van der Waals surface area contributed by atoms with Gasteiger partial charge in [0.15, 0.2) is 0 Å².